The summed E-state index contributed by atoms with van der Waals surface area (Å²) in [4.78, 5) is 17.8. The number of nitrogens with zero attached hydrogens (tertiary/aromatic N) is 3. The highest BCUT2D eigenvalue weighted by Crippen LogP contribution is 2.46. The summed E-state index contributed by atoms with van der Waals surface area (Å²) in [5, 5.41) is 2.19. The highest BCUT2D eigenvalue weighted by Gasteiger charge is 2.70. The predicted octanol–water partition coefficient (Wildman–Crippen LogP) is 4.30. The minimum absolute atomic E-state index is 0.0212. The molecule has 6 heteroatoms. The molecule has 3 aliphatic heterocycles. The van der Waals surface area contributed by atoms with Crippen molar-refractivity contribution in [2.45, 2.75) is 45.3 Å². The molecule has 0 bridgehead atoms. The Hall–Kier alpha value is -1.50. The number of rotatable bonds is 1. The van der Waals surface area contributed by atoms with E-state index in [0.717, 1.165) is 41.0 Å². The van der Waals surface area contributed by atoms with Crippen LogP contribution < -0.4 is 0 Å². The summed E-state index contributed by atoms with van der Waals surface area (Å²) in [5.41, 5.74) is 1.34. The maximum atomic E-state index is 13.0. The minimum atomic E-state index is -0.520. The molecule has 4 rings (SSSR count). The lowest BCUT2D eigenvalue weighted by molar-refractivity contribution is -0.883. The molecule has 5 nitrogen and oxygen atoms in total. The number of aliphatic imine (C=N–C) groups is 1. The van der Waals surface area contributed by atoms with E-state index >= 15 is 0 Å². The lowest BCUT2D eigenvalue weighted by Crippen LogP contribution is -2.77. The Kier molecular flexibility index (Phi) is 3.50. The van der Waals surface area contributed by atoms with Crippen LogP contribution in [-0.4, -0.2) is 39.7 Å². The molecule has 0 spiro atoms. The van der Waals surface area contributed by atoms with Crippen molar-refractivity contribution in [3.05, 3.63) is 40.5 Å². The third kappa shape index (κ3) is 2.28. The van der Waals surface area contributed by atoms with Gasteiger partial charge in [-0.25, -0.2) is 0 Å². The van der Waals surface area contributed by atoms with Crippen molar-refractivity contribution in [3.63, 3.8) is 0 Å². The molecule has 0 N–H and O–H groups in total. The zero-order valence-electron chi connectivity index (χ0n) is 14.1. The van der Waals surface area contributed by atoms with Crippen molar-refractivity contribution in [1.82, 2.24) is 5.01 Å². The number of amides is 1. The molecule has 0 aromatic heterocycles. The van der Waals surface area contributed by atoms with Gasteiger partial charge < -0.3 is 4.74 Å². The number of benzene rings is 1. The fourth-order valence-corrected chi connectivity index (χ4v) is 3.92. The van der Waals surface area contributed by atoms with Crippen LogP contribution in [0.1, 0.15) is 39.2 Å². The monoisotopic (exact) mass is 390 g/mol. The Bertz CT molecular complexity index is 763. The van der Waals surface area contributed by atoms with Gasteiger partial charge in [0.2, 0.25) is 0 Å². The minimum Gasteiger partial charge on any atom is -0.412 e. The number of ether oxygens (including phenoxy) is 1. The van der Waals surface area contributed by atoms with Gasteiger partial charge in [0, 0.05) is 10.0 Å². The molecule has 3 aliphatic rings. The predicted molar refractivity (Wildman–Crippen MR) is 95.8 cm³/mol. The van der Waals surface area contributed by atoms with E-state index in [1.807, 2.05) is 51.2 Å². The number of hydrogen-bond donors (Lipinski definition) is 0. The Morgan fingerprint density at radius 3 is 2.71 bits per heavy atom. The van der Waals surface area contributed by atoms with Crippen LogP contribution in [0.15, 0.2) is 39.9 Å². The second-order valence-electron chi connectivity index (χ2n) is 7.48. The number of halogens is 1. The molecule has 1 amide bonds. The molecule has 3 heterocycles. The summed E-state index contributed by atoms with van der Waals surface area (Å²) in [6.07, 6.45) is 3.83. The molecule has 1 aromatic rings. The zero-order valence-corrected chi connectivity index (χ0v) is 15.7. The van der Waals surface area contributed by atoms with Crippen molar-refractivity contribution < 1.29 is 14.1 Å². The average Bonchev–Trinajstić information content (AvgIpc) is 3.05. The van der Waals surface area contributed by atoms with Gasteiger partial charge in [-0.3, -0.25) is 0 Å². The van der Waals surface area contributed by atoms with Crippen LogP contribution in [-0.2, 0) is 4.74 Å². The number of amidine groups is 1. The summed E-state index contributed by atoms with van der Waals surface area (Å²) >= 11 is 3.45. The Morgan fingerprint density at radius 2 is 2.04 bits per heavy atom. The molecule has 2 saturated heterocycles. The van der Waals surface area contributed by atoms with Gasteiger partial charge >= 0.3 is 6.09 Å². The molecule has 0 radical (unpaired) electrons. The van der Waals surface area contributed by atoms with Crippen molar-refractivity contribution >= 4 is 33.6 Å². The van der Waals surface area contributed by atoms with E-state index in [1.54, 1.807) is 0 Å². The van der Waals surface area contributed by atoms with Crippen LogP contribution >= 0.6 is 15.9 Å². The first-order valence-corrected chi connectivity index (χ1v) is 9.08. The van der Waals surface area contributed by atoms with Gasteiger partial charge in [-0.15, -0.1) is 5.01 Å². The van der Waals surface area contributed by atoms with Gasteiger partial charge in [-0.1, -0.05) is 32.7 Å². The maximum absolute atomic E-state index is 13.0. The first-order chi connectivity index (χ1) is 11.3. The van der Waals surface area contributed by atoms with Crippen molar-refractivity contribution in [2.75, 3.05) is 6.54 Å². The standard InChI is InChI=1S/C18H21BrN3O2/c1-18(2,3)24-17(23)22-11-14(12-6-8-13(19)9-7-12)20-16(22)15-5-4-10-21(15)22/h6-9,11,15H,4-5,10H2,1-3H3/q+1. The highest BCUT2D eigenvalue weighted by atomic mass is 79.9. The number of carbonyl (C=O) groups excluding carboxylic acids is 1. The van der Waals surface area contributed by atoms with Gasteiger partial charge in [-0.05, 0) is 45.7 Å². The summed E-state index contributed by atoms with van der Waals surface area (Å²) in [6.45, 7) is 6.59. The number of carbonyl (C=O) groups is 1. The van der Waals surface area contributed by atoms with Crippen LogP contribution in [0, 0.1) is 0 Å². The molecular weight excluding hydrogens is 370 g/mol. The highest BCUT2D eigenvalue weighted by molar-refractivity contribution is 9.10. The molecule has 126 valence electrons. The molecule has 2 unspecified atom stereocenters. The van der Waals surface area contributed by atoms with E-state index in [9.17, 15) is 4.79 Å². The van der Waals surface area contributed by atoms with E-state index in [4.69, 9.17) is 9.73 Å². The lowest BCUT2D eigenvalue weighted by Gasteiger charge is -2.47. The summed E-state index contributed by atoms with van der Waals surface area (Å²) in [6, 6.07) is 8.28. The second kappa shape index (κ2) is 5.25. The smallest absolute Gasteiger partial charge is 0.412 e. The van der Waals surface area contributed by atoms with E-state index in [1.165, 1.54) is 0 Å². The molecule has 0 aliphatic carbocycles. The second-order valence-corrected chi connectivity index (χ2v) is 8.39. The fourth-order valence-electron chi connectivity index (χ4n) is 3.66. The molecule has 0 saturated carbocycles. The van der Waals surface area contributed by atoms with Gasteiger partial charge in [-0.2, -0.15) is 9.79 Å². The quantitative estimate of drug-likeness (QED) is 0.671. The van der Waals surface area contributed by atoms with Gasteiger partial charge in [0.1, 0.15) is 11.3 Å². The zero-order chi connectivity index (χ0) is 17.1. The van der Waals surface area contributed by atoms with E-state index < -0.39 is 5.60 Å². The summed E-state index contributed by atoms with van der Waals surface area (Å²) < 4.78 is 6.76. The largest absolute Gasteiger partial charge is 0.548 e. The first-order valence-electron chi connectivity index (χ1n) is 8.29. The molecule has 24 heavy (non-hydrogen) atoms. The maximum Gasteiger partial charge on any atom is 0.548 e. The SMILES string of the molecule is CC(C)(C)OC(=O)[N+]12C=C(c3ccc(Br)cc3)N=C1C1CCCN12. The molecule has 1 aromatic carbocycles. The first kappa shape index (κ1) is 16.0. The number of fused-ring (bicyclic) bond motifs is 4. The van der Waals surface area contributed by atoms with E-state index in [-0.39, 0.29) is 16.7 Å². The fraction of sp³-hybridized carbons (Fsp3) is 0.444. The van der Waals surface area contributed by atoms with Crippen molar-refractivity contribution in [2.24, 2.45) is 4.99 Å². The van der Waals surface area contributed by atoms with Crippen LogP contribution in [0.4, 0.5) is 4.79 Å². The van der Waals surface area contributed by atoms with Gasteiger partial charge in [0.25, 0.3) is 5.84 Å². The summed E-state index contributed by atoms with van der Waals surface area (Å²) in [7, 11) is 0. The Morgan fingerprint density at radius 1 is 1.33 bits per heavy atom. The number of quaternary nitrogens is 1. The van der Waals surface area contributed by atoms with Crippen LogP contribution in [0.2, 0.25) is 0 Å². The van der Waals surface area contributed by atoms with E-state index in [2.05, 4.69) is 20.9 Å². The number of hydrogen-bond acceptors (Lipinski definition) is 4. The third-order valence-electron chi connectivity index (χ3n) is 4.63. The lowest BCUT2D eigenvalue weighted by atomic mass is 10.1. The molecule has 2 fully saturated rings. The van der Waals surface area contributed by atoms with Crippen LogP contribution in [0.5, 0.6) is 0 Å². The van der Waals surface area contributed by atoms with Crippen LogP contribution in [0.3, 0.4) is 0 Å². The molecule has 2 atom stereocenters. The van der Waals surface area contributed by atoms with Gasteiger partial charge in [0.05, 0.1) is 6.54 Å². The molecular formula is C18H21BrN3O2+. The van der Waals surface area contributed by atoms with Crippen molar-refractivity contribution in [3.8, 4) is 0 Å². The van der Waals surface area contributed by atoms with Crippen molar-refractivity contribution in [1.29, 1.82) is 0 Å². The normalized spacial score (nSPS) is 28.6. The average molecular weight is 391 g/mol. The Balaban J connectivity index is 1.74. The van der Waals surface area contributed by atoms with E-state index in [0.29, 0.717) is 0 Å². The third-order valence-corrected chi connectivity index (χ3v) is 5.16. The summed E-state index contributed by atoms with van der Waals surface area (Å²) in [5.74, 6) is 0.902. The van der Waals surface area contributed by atoms with Gasteiger partial charge in [0.15, 0.2) is 12.2 Å². The topological polar surface area (TPSA) is 41.9 Å². The van der Waals surface area contributed by atoms with Crippen LogP contribution in [0.25, 0.3) is 5.70 Å². The Labute approximate surface area is 150 Å².